The summed E-state index contributed by atoms with van der Waals surface area (Å²) in [5.74, 6) is 1.43. The van der Waals surface area contributed by atoms with Gasteiger partial charge in [-0.3, -0.25) is 9.59 Å². The van der Waals surface area contributed by atoms with Crippen molar-refractivity contribution in [1.29, 1.82) is 0 Å². The number of ketones is 1. The minimum atomic E-state index is -0.354. The van der Waals surface area contributed by atoms with Crippen LogP contribution in [0.1, 0.15) is 52.0 Å². The van der Waals surface area contributed by atoms with Gasteiger partial charge in [0.25, 0.3) is 5.91 Å². The Kier molecular flexibility index (Phi) is 8.65. The van der Waals surface area contributed by atoms with E-state index in [0.717, 1.165) is 5.56 Å². The summed E-state index contributed by atoms with van der Waals surface area (Å²) in [4.78, 5) is 25.6. The number of amides is 1. The lowest BCUT2D eigenvalue weighted by Gasteiger charge is -2.22. The van der Waals surface area contributed by atoms with E-state index in [2.05, 4.69) is 22.1 Å². The number of hydrogen-bond donors (Lipinski definition) is 1. The van der Waals surface area contributed by atoms with Crippen LogP contribution in [0.5, 0.6) is 5.75 Å². The molecule has 0 unspecified atom stereocenters. The highest BCUT2D eigenvalue weighted by atomic mass is 32.2. The van der Waals surface area contributed by atoms with Gasteiger partial charge in [0.2, 0.25) is 0 Å². The van der Waals surface area contributed by atoms with E-state index < -0.39 is 0 Å². The number of rotatable bonds is 11. The number of carbonyl (C=O) groups excluding carboxylic acids is 2. The Balaban J connectivity index is 1.78. The van der Waals surface area contributed by atoms with Crippen LogP contribution < -0.4 is 10.1 Å². The topological polar surface area (TPSA) is 86.1 Å². The molecule has 0 fully saturated rings. The molecule has 0 spiro atoms. The molecule has 0 aliphatic heterocycles. The number of ether oxygens (including phenoxy) is 1. The second kappa shape index (κ2) is 11.7. The number of methoxy groups -OCH3 is 1. The van der Waals surface area contributed by atoms with Crippen molar-refractivity contribution in [2.75, 3.05) is 12.9 Å². The molecule has 1 N–H and O–H groups in total. The molecular formula is C26H30N4O3S. The molecule has 7 nitrogen and oxygen atoms in total. The Hall–Kier alpha value is -3.39. The van der Waals surface area contributed by atoms with Crippen molar-refractivity contribution in [2.24, 2.45) is 5.92 Å². The second-order valence-corrected chi connectivity index (χ2v) is 9.18. The molecule has 0 saturated carbocycles. The molecule has 0 aliphatic rings. The first kappa shape index (κ1) is 25.2. The minimum Gasteiger partial charge on any atom is -0.497 e. The van der Waals surface area contributed by atoms with Crippen molar-refractivity contribution in [1.82, 2.24) is 20.1 Å². The minimum absolute atomic E-state index is 0.0181. The molecular weight excluding hydrogens is 448 g/mol. The van der Waals surface area contributed by atoms with Crippen molar-refractivity contribution in [3.05, 3.63) is 83.7 Å². The summed E-state index contributed by atoms with van der Waals surface area (Å²) in [6.07, 6.45) is 1.75. The van der Waals surface area contributed by atoms with Crippen molar-refractivity contribution in [3.63, 3.8) is 0 Å². The molecule has 1 amide bonds. The molecule has 178 valence electrons. The Bertz CT molecular complexity index is 1140. The summed E-state index contributed by atoms with van der Waals surface area (Å²) in [5.41, 5.74) is 2.29. The number of Topliss-reactive ketones (excluding diaryl/α,β-unsaturated/α-hetero) is 1. The predicted octanol–water partition coefficient (Wildman–Crippen LogP) is 4.88. The number of carbonyl (C=O) groups is 2. The van der Waals surface area contributed by atoms with Gasteiger partial charge in [-0.25, -0.2) is 0 Å². The maximum Gasteiger partial charge on any atom is 0.251 e. The van der Waals surface area contributed by atoms with Gasteiger partial charge in [0.1, 0.15) is 5.75 Å². The van der Waals surface area contributed by atoms with Gasteiger partial charge in [0.05, 0.1) is 18.9 Å². The van der Waals surface area contributed by atoms with E-state index in [1.807, 2.05) is 49.6 Å². The molecule has 0 aliphatic carbocycles. The van der Waals surface area contributed by atoms with Crippen LogP contribution in [0.2, 0.25) is 0 Å². The molecule has 0 bridgehead atoms. The smallest absolute Gasteiger partial charge is 0.251 e. The molecule has 2 aromatic carbocycles. The van der Waals surface area contributed by atoms with Gasteiger partial charge >= 0.3 is 0 Å². The zero-order chi connectivity index (χ0) is 24.7. The number of thioether (sulfide) groups is 1. The van der Waals surface area contributed by atoms with Gasteiger partial charge in [-0.05, 0) is 49.2 Å². The monoisotopic (exact) mass is 478 g/mol. The van der Waals surface area contributed by atoms with Crippen molar-refractivity contribution in [2.45, 2.75) is 38.5 Å². The Morgan fingerprint density at radius 2 is 1.74 bits per heavy atom. The first-order valence-electron chi connectivity index (χ1n) is 11.1. The van der Waals surface area contributed by atoms with Gasteiger partial charge in [-0.15, -0.1) is 16.8 Å². The standard InChI is InChI=1S/C26H30N4O3S/c1-6-15-30-24(23(17(2)3)27-25(32)20-9-7-18(4)8-10-20)28-29-26(30)34-16-22(31)19-11-13-21(33-5)14-12-19/h6-14,17,23H,1,15-16H2,2-5H3,(H,27,32)/t23-/m1/s1. The van der Waals surface area contributed by atoms with Crippen molar-refractivity contribution in [3.8, 4) is 5.75 Å². The SMILES string of the molecule is C=CCn1c(SCC(=O)c2ccc(OC)cc2)nnc1[C@H](NC(=O)c1ccc(C)cc1)C(C)C. The lowest BCUT2D eigenvalue weighted by Crippen LogP contribution is -2.33. The van der Waals surface area contributed by atoms with E-state index in [1.165, 1.54) is 11.8 Å². The molecule has 3 aromatic rings. The number of hydrogen-bond acceptors (Lipinski definition) is 6. The fourth-order valence-corrected chi connectivity index (χ4v) is 4.24. The zero-order valence-corrected chi connectivity index (χ0v) is 20.8. The summed E-state index contributed by atoms with van der Waals surface area (Å²) in [7, 11) is 1.59. The average Bonchev–Trinajstić information content (AvgIpc) is 3.23. The van der Waals surface area contributed by atoms with Gasteiger partial charge < -0.3 is 14.6 Å². The zero-order valence-electron chi connectivity index (χ0n) is 19.9. The molecule has 0 radical (unpaired) electrons. The van der Waals surface area contributed by atoms with Crippen LogP contribution in [0.15, 0.2) is 66.3 Å². The third kappa shape index (κ3) is 6.14. The molecule has 0 saturated heterocycles. The van der Waals surface area contributed by atoms with E-state index >= 15 is 0 Å². The molecule has 1 heterocycles. The lowest BCUT2D eigenvalue weighted by molar-refractivity contribution is 0.0921. The number of benzene rings is 2. The quantitative estimate of drug-likeness (QED) is 0.240. The van der Waals surface area contributed by atoms with Gasteiger partial charge in [-0.2, -0.15) is 0 Å². The largest absolute Gasteiger partial charge is 0.497 e. The highest BCUT2D eigenvalue weighted by molar-refractivity contribution is 7.99. The molecule has 34 heavy (non-hydrogen) atoms. The summed E-state index contributed by atoms with van der Waals surface area (Å²) in [5, 5.41) is 12.4. The number of aryl methyl sites for hydroxylation is 1. The third-order valence-corrected chi connectivity index (χ3v) is 6.31. The van der Waals surface area contributed by atoms with Crippen LogP contribution in [-0.2, 0) is 6.54 Å². The third-order valence-electron chi connectivity index (χ3n) is 5.35. The van der Waals surface area contributed by atoms with E-state index in [-0.39, 0.29) is 29.4 Å². The van der Waals surface area contributed by atoms with E-state index in [9.17, 15) is 9.59 Å². The van der Waals surface area contributed by atoms with Crippen LogP contribution in [0.4, 0.5) is 0 Å². The lowest BCUT2D eigenvalue weighted by atomic mass is 10.0. The summed E-state index contributed by atoms with van der Waals surface area (Å²) in [6, 6.07) is 14.1. The van der Waals surface area contributed by atoms with E-state index in [0.29, 0.717) is 34.4 Å². The van der Waals surface area contributed by atoms with Crippen LogP contribution in [0.25, 0.3) is 0 Å². The highest BCUT2D eigenvalue weighted by Gasteiger charge is 2.26. The Morgan fingerprint density at radius 3 is 2.32 bits per heavy atom. The summed E-state index contributed by atoms with van der Waals surface area (Å²) < 4.78 is 7.05. The highest BCUT2D eigenvalue weighted by Crippen LogP contribution is 2.26. The van der Waals surface area contributed by atoms with E-state index in [1.54, 1.807) is 37.5 Å². The number of nitrogens with one attached hydrogen (secondary N) is 1. The van der Waals surface area contributed by atoms with Crippen molar-refractivity contribution < 1.29 is 14.3 Å². The number of aromatic nitrogens is 3. The first-order chi connectivity index (χ1) is 16.3. The Morgan fingerprint density at radius 1 is 1.09 bits per heavy atom. The van der Waals surface area contributed by atoms with Gasteiger partial charge in [-0.1, -0.05) is 49.4 Å². The fraction of sp³-hybridized carbons (Fsp3) is 0.308. The molecule has 8 heteroatoms. The molecule has 3 rings (SSSR count). The normalized spacial score (nSPS) is 11.8. The number of nitrogens with zero attached hydrogens (tertiary/aromatic N) is 3. The van der Waals surface area contributed by atoms with Gasteiger partial charge in [0.15, 0.2) is 16.8 Å². The molecule has 1 atom stereocenters. The number of allylic oxidation sites excluding steroid dienone is 1. The predicted molar refractivity (Wildman–Crippen MR) is 134 cm³/mol. The summed E-state index contributed by atoms with van der Waals surface area (Å²) in [6.45, 7) is 10.3. The maximum atomic E-state index is 12.9. The van der Waals surface area contributed by atoms with Crippen LogP contribution in [-0.4, -0.2) is 39.3 Å². The van der Waals surface area contributed by atoms with Crippen LogP contribution in [0.3, 0.4) is 0 Å². The maximum absolute atomic E-state index is 12.9. The van der Waals surface area contributed by atoms with Crippen LogP contribution >= 0.6 is 11.8 Å². The van der Waals surface area contributed by atoms with Gasteiger partial charge in [0, 0.05) is 17.7 Å². The first-order valence-corrected chi connectivity index (χ1v) is 12.0. The molecule has 1 aromatic heterocycles. The van der Waals surface area contributed by atoms with E-state index in [4.69, 9.17) is 4.74 Å². The van der Waals surface area contributed by atoms with Crippen molar-refractivity contribution >= 4 is 23.5 Å². The second-order valence-electron chi connectivity index (χ2n) is 8.24. The fourth-order valence-electron chi connectivity index (χ4n) is 3.39. The average molecular weight is 479 g/mol. The summed E-state index contributed by atoms with van der Waals surface area (Å²) >= 11 is 1.31. The van der Waals surface area contributed by atoms with Crippen LogP contribution in [0, 0.1) is 12.8 Å². The Labute approximate surface area is 204 Å².